The smallest absolute Gasteiger partial charge is 0.143 e. The summed E-state index contributed by atoms with van der Waals surface area (Å²) in [6.07, 6.45) is 2.35. The molecular formula is C15H12N6. The third-order valence-electron chi connectivity index (χ3n) is 3.36. The molecule has 0 aliphatic heterocycles. The summed E-state index contributed by atoms with van der Waals surface area (Å²) in [5.74, 6) is 0.964. The van der Waals surface area contributed by atoms with Gasteiger partial charge in [-0.25, -0.2) is 9.67 Å². The number of fused-ring (bicyclic) bond motifs is 1. The molecular weight excluding hydrogens is 264 g/mol. The number of para-hydroxylation sites is 2. The van der Waals surface area contributed by atoms with E-state index in [0.717, 1.165) is 29.0 Å². The Hall–Kier alpha value is -3.02. The van der Waals surface area contributed by atoms with Crippen LogP contribution in [-0.2, 0) is 6.42 Å². The van der Waals surface area contributed by atoms with Gasteiger partial charge in [-0.2, -0.15) is 0 Å². The number of benzene rings is 2. The highest BCUT2D eigenvalue weighted by atomic mass is 15.5. The van der Waals surface area contributed by atoms with E-state index >= 15 is 0 Å². The summed E-state index contributed by atoms with van der Waals surface area (Å²) in [5.41, 5.74) is 4.19. The van der Waals surface area contributed by atoms with Gasteiger partial charge >= 0.3 is 0 Å². The molecule has 0 aliphatic carbocycles. The fourth-order valence-electron chi connectivity index (χ4n) is 2.33. The number of tetrazole rings is 1. The number of H-pyrrole nitrogens is 1. The summed E-state index contributed by atoms with van der Waals surface area (Å²) in [7, 11) is 0. The predicted octanol–water partition coefficient (Wildman–Crippen LogP) is 2.13. The summed E-state index contributed by atoms with van der Waals surface area (Å²) in [6, 6.07) is 16.2. The van der Waals surface area contributed by atoms with Crippen molar-refractivity contribution >= 4 is 11.0 Å². The average molecular weight is 276 g/mol. The van der Waals surface area contributed by atoms with E-state index in [9.17, 15) is 0 Å². The van der Waals surface area contributed by atoms with Crippen LogP contribution in [0.25, 0.3) is 16.7 Å². The van der Waals surface area contributed by atoms with Gasteiger partial charge in [-0.05, 0) is 40.3 Å². The van der Waals surface area contributed by atoms with Gasteiger partial charge in [-0.1, -0.05) is 24.3 Å². The summed E-state index contributed by atoms with van der Waals surface area (Å²) < 4.78 is 1.63. The first kappa shape index (κ1) is 11.8. The molecule has 0 amide bonds. The van der Waals surface area contributed by atoms with Crippen molar-refractivity contribution in [2.24, 2.45) is 0 Å². The largest absolute Gasteiger partial charge is 0.342 e. The SMILES string of the molecule is c1ccc2[nH]c(Cc3ccc(-n4cnnn4)cc3)nc2c1. The van der Waals surface area contributed by atoms with Crippen LogP contribution in [0.3, 0.4) is 0 Å². The van der Waals surface area contributed by atoms with E-state index in [-0.39, 0.29) is 0 Å². The second kappa shape index (κ2) is 4.82. The van der Waals surface area contributed by atoms with E-state index < -0.39 is 0 Å². The van der Waals surface area contributed by atoms with Crippen molar-refractivity contribution in [1.29, 1.82) is 0 Å². The molecule has 0 spiro atoms. The predicted molar refractivity (Wildman–Crippen MR) is 78.1 cm³/mol. The number of rotatable bonds is 3. The van der Waals surface area contributed by atoms with Crippen molar-refractivity contribution in [2.45, 2.75) is 6.42 Å². The first-order chi connectivity index (χ1) is 10.4. The van der Waals surface area contributed by atoms with Crippen LogP contribution in [0.2, 0.25) is 0 Å². The Bertz CT molecular complexity index is 828. The first-order valence-electron chi connectivity index (χ1n) is 6.64. The van der Waals surface area contributed by atoms with Crippen LogP contribution >= 0.6 is 0 Å². The summed E-state index contributed by atoms with van der Waals surface area (Å²) in [6.45, 7) is 0. The van der Waals surface area contributed by atoms with Crippen LogP contribution < -0.4 is 0 Å². The molecule has 0 aliphatic rings. The molecule has 6 nitrogen and oxygen atoms in total. The molecule has 2 heterocycles. The number of imidazole rings is 1. The maximum atomic E-state index is 4.59. The van der Waals surface area contributed by atoms with Crippen LogP contribution in [-0.4, -0.2) is 30.2 Å². The molecule has 4 rings (SSSR count). The molecule has 0 bridgehead atoms. The van der Waals surface area contributed by atoms with Gasteiger partial charge in [-0.15, -0.1) is 5.10 Å². The summed E-state index contributed by atoms with van der Waals surface area (Å²) in [5, 5.41) is 11.1. The van der Waals surface area contributed by atoms with Crippen molar-refractivity contribution in [3.63, 3.8) is 0 Å². The molecule has 0 radical (unpaired) electrons. The van der Waals surface area contributed by atoms with Gasteiger partial charge < -0.3 is 4.98 Å². The van der Waals surface area contributed by atoms with Gasteiger partial charge in [0.25, 0.3) is 0 Å². The van der Waals surface area contributed by atoms with E-state index in [4.69, 9.17) is 0 Å². The van der Waals surface area contributed by atoms with Crippen LogP contribution in [0.15, 0.2) is 54.9 Å². The second-order valence-electron chi connectivity index (χ2n) is 4.80. The molecule has 0 atom stereocenters. The highest BCUT2D eigenvalue weighted by Gasteiger charge is 2.04. The van der Waals surface area contributed by atoms with E-state index in [1.165, 1.54) is 5.56 Å². The molecule has 21 heavy (non-hydrogen) atoms. The van der Waals surface area contributed by atoms with Crippen molar-refractivity contribution < 1.29 is 0 Å². The van der Waals surface area contributed by atoms with Crippen LogP contribution in [0.4, 0.5) is 0 Å². The number of nitrogens with one attached hydrogen (secondary N) is 1. The highest BCUT2D eigenvalue weighted by molar-refractivity contribution is 5.74. The van der Waals surface area contributed by atoms with Crippen molar-refractivity contribution in [2.75, 3.05) is 0 Å². The van der Waals surface area contributed by atoms with Gasteiger partial charge in [-0.3, -0.25) is 0 Å². The van der Waals surface area contributed by atoms with Gasteiger partial charge in [0, 0.05) is 6.42 Å². The van der Waals surface area contributed by atoms with Gasteiger partial charge in [0.15, 0.2) is 0 Å². The van der Waals surface area contributed by atoms with E-state index in [1.54, 1.807) is 11.0 Å². The first-order valence-corrected chi connectivity index (χ1v) is 6.64. The lowest BCUT2D eigenvalue weighted by molar-refractivity contribution is 0.788. The third kappa shape index (κ3) is 2.27. The minimum atomic E-state index is 0.768. The maximum Gasteiger partial charge on any atom is 0.143 e. The minimum Gasteiger partial charge on any atom is -0.342 e. The van der Waals surface area contributed by atoms with Crippen LogP contribution in [0.5, 0.6) is 0 Å². The Morgan fingerprint density at radius 1 is 1.00 bits per heavy atom. The van der Waals surface area contributed by atoms with Crippen molar-refractivity contribution in [3.8, 4) is 5.69 Å². The minimum absolute atomic E-state index is 0.768. The zero-order chi connectivity index (χ0) is 14.1. The maximum absolute atomic E-state index is 4.59. The number of hydrogen-bond acceptors (Lipinski definition) is 4. The third-order valence-corrected chi connectivity index (χ3v) is 3.36. The molecule has 2 aromatic heterocycles. The lowest BCUT2D eigenvalue weighted by Crippen LogP contribution is -1.96. The van der Waals surface area contributed by atoms with Gasteiger partial charge in [0.1, 0.15) is 12.2 Å². The molecule has 0 saturated carbocycles. The Kier molecular flexibility index (Phi) is 2.71. The van der Waals surface area contributed by atoms with E-state index in [1.807, 2.05) is 36.4 Å². The number of aromatic nitrogens is 6. The zero-order valence-electron chi connectivity index (χ0n) is 11.1. The van der Waals surface area contributed by atoms with E-state index in [0.29, 0.717) is 0 Å². The van der Waals surface area contributed by atoms with Crippen LogP contribution in [0, 0.1) is 0 Å². The number of nitrogens with zero attached hydrogens (tertiary/aromatic N) is 5. The fourth-order valence-corrected chi connectivity index (χ4v) is 2.33. The number of hydrogen-bond donors (Lipinski definition) is 1. The standard InChI is InChI=1S/C15H12N6/c1-2-4-14-13(3-1)17-15(18-14)9-11-5-7-12(8-6-11)21-10-16-19-20-21/h1-8,10H,9H2,(H,17,18). The Morgan fingerprint density at radius 2 is 1.86 bits per heavy atom. The molecule has 4 aromatic rings. The van der Waals surface area contributed by atoms with Gasteiger partial charge in [0.05, 0.1) is 16.7 Å². The Balaban J connectivity index is 1.59. The van der Waals surface area contributed by atoms with Gasteiger partial charge in [0.2, 0.25) is 0 Å². The Morgan fingerprint density at radius 3 is 2.62 bits per heavy atom. The molecule has 1 N–H and O–H groups in total. The average Bonchev–Trinajstić information content (AvgIpc) is 3.17. The summed E-state index contributed by atoms with van der Waals surface area (Å²) in [4.78, 5) is 7.92. The molecule has 0 fully saturated rings. The van der Waals surface area contributed by atoms with Crippen LogP contribution in [0.1, 0.15) is 11.4 Å². The molecule has 0 unspecified atom stereocenters. The van der Waals surface area contributed by atoms with Crippen molar-refractivity contribution in [1.82, 2.24) is 30.2 Å². The topological polar surface area (TPSA) is 72.3 Å². The normalized spacial score (nSPS) is 11.0. The Labute approximate surface area is 120 Å². The molecule has 102 valence electrons. The zero-order valence-corrected chi connectivity index (χ0v) is 11.1. The molecule has 6 heteroatoms. The molecule has 0 saturated heterocycles. The lowest BCUT2D eigenvalue weighted by Gasteiger charge is -2.01. The fraction of sp³-hybridized carbons (Fsp3) is 0.0667. The second-order valence-corrected chi connectivity index (χ2v) is 4.80. The van der Waals surface area contributed by atoms with E-state index in [2.05, 4.69) is 37.6 Å². The van der Waals surface area contributed by atoms with Crippen molar-refractivity contribution in [3.05, 3.63) is 66.2 Å². The molecule has 2 aromatic carbocycles. The number of aromatic amines is 1. The monoisotopic (exact) mass is 276 g/mol. The summed E-state index contributed by atoms with van der Waals surface area (Å²) >= 11 is 0. The highest BCUT2D eigenvalue weighted by Crippen LogP contribution is 2.14. The lowest BCUT2D eigenvalue weighted by atomic mass is 10.1. The quantitative estimate of drug-likeness (QED) is 0.622.